The molecule has 0 saturated carbocycles. The predicted molar refractivity (Wildman–Crippen MR) is 153 cm³/mol. The molecule has 1 saturated heterocycles. The molecule has 0 bridgehead atoms. The van der Waals surface area contributed by atoms with Crippen LogP contribution < -0.4 is 15.4 Å². The number of nitrogens with zero attached hydrogens (tertiary/aromatic N) is 4. The van der Waals surface area contributed by atoms with Crippen molar-refractivity contribution in [2.75, 3.05) is 56.6 Å². The second-order valence-corrected chi connectivity index (χ2v) is 10.8. The summed E-state index contributed by atoms with van der Waals surface area (Å²) in [6.07, 6.45) is 4.72. The van der Waals surface area contributed by atoms with Gasteiger partial charge in [0.15, 0.2) is 0 Å². The van der Waals surface area contributed by atoms with Gasteiger partial charge in [0.25, 0.3) is 10.1 Å². The molecule has 3 N–H and O–H groups in total. The molecule has 0 unspecified atom stereocenters. The van der Waals surface area contributed by atoms with E-state index in [1.807, 2.05) is 30.3 Å². The number of hydrogen-bond donors (Lipinski definition) is 3. The van der Waals surface area contributed by atoms with E-state index in [1.54, 1.807) is 18.3 Å². The second-order valence-electron chi connectivity index (χ2n) is 9.41. The van der Waals surface area contributed by atoms with Gasteiger partial charge in [0.1, 0.15) is 23.7 Å². The first-order valence-electron chi connectivity index (χ1n) is 13.2. The molecule has 0 aliphatic carbocycles. The lowest BCUT2D eigenvalue weighted by Crippen LogP contribution is -2.39. The average molecular weight is 565 g/mol. The third-order valence-electron chi connectivity index (χ3n) is 6.56. The topological polar surface area (TPSA) is 139 Å². The summed E-state index contributed by atoms with van der Waals surface area (Å²) < 4.78 is 42.8. The van der Waals surface area contributed by atoms with Gasteiger partial charge in [-0.1, -0.05) is 18.2 Å². The zero-order chi connectivity index (χ0) is 27.8. The molecule has 210 valence electrons. The number of pyridine rings is 1. The number of morpholine rings is 1. The van der Waals surface area contributed by atoms with Crippen molar-refractivity contribution in [2.24, 2.45) is 0 Å². The summed E-state index contributed by atoms with van der Waals surface area (Å²) in [6.45, 7) is 5.66. The van der Waals surface area contributed by atoms with Crippen molar-refractivity contribution in [3.8, 4) is 5.75 Å². The van der Waals surface area contributed by atoms with Crippen molar-refractivity contribution < 1.29 is 22.4 Å². The number of hydrogen-bond acceptors (Lipinski definition) is 10. The Bertz CT molecular complexity index is 1530. The smallest absolute Gasteiger partial charge is 0.294 e. The molecule has 1 fully saturated rings. The van der Waals surface area contributed by atoms with Crippen LogP contribution in [0.25, 0.3) is 10.9 Å². The molecule has 2 aromatic heterocycles. The number of fused-ring (bicyclic) bond motifs is 1. The fraction of sp³-hybridized carbons (Fsp3) is 0.321. The Morgan fingerprint density at radius 3 is 2.65 bits per heavy atom. The first kappa shape index (κ1) is 27.7. The summed E-state index contributed by atoms with van der Waals surface area (Å²) in [5, 5.41) is 7.64. The molecule has 1 aliphatic rings. The maximum Gasteiger partial charge on any atom is 0.294 e. The Morgan fingerprint density at radius 1 is 1.02 bits per heavy atom. The van der Waals surface area contributed by atoms with Crippen LogP contribution in [0.3, 0.4) is 0 Å². The lowest BCUT2D eigenvalue weighted by molar-refractivity contribution is 0.0398. The summed E-state index contributed by atoms with van der Waals surface area (Å²) in [6, 6.07) is 15.8. The maximum absolute atomic E-state index is 11.2. The van der Waals surface area contributed by atoms with Crippen LogP contribution in [-0.4, -0.2) is 78.8 Å². The van der Waals surface area contributed by atoms with Gasteiger partial charge in [0.2, 0.25) is 0 Å². The number of nitrogens with one attached hydrogen (secondary N) is 2. The van der Waals surface area contributed by atoms with E-state index in [4.69, 9.17) is 14.0 Å². The number of aryl methyl sites for hydroxylation is 1. The Balaban J connectivity index is 1.16. The molecule has 0 atom stereocenters. The van der Waals surface area contributed by atoms with E-state index >= 15 is 0 Å². The Hall–Kier alpha value is -3.84. The summed E-state index contributed by atoms with van der Waals surface area (Å²) in [5.41, 5.74) is 2.54. The van der Waals surface area contributed by atoms with Crippen LogP contribution in [-0.2, 0) is 21.3 Å². The van der Waals surface area contributed by atoms with Crippen LogP contribution in [0.2, 0.25) is 0 Å². The van der Waals surface area contributed by atoms with Crippen molar-refractivity contribution in [3.05, 3.63) is 72.7 Å². The third-order valence-corrected chi connectivity index (χ3v) is 7.42. The normalized spacial score (nSPS) is 14.2. The third kappa shape index (κ3) is 7.63. The number of benzene rings is 2. The van der Waals surface area contributed by atoms with Crippen LogP contribution in [0.1, 0.15) is 12.0 Å². The van der Waals surface area contributed by atoms with Gasteiger partial charge < -0.3 is 20.1 Å². The van der Waals surface area contributed by atoms with Gasteiger partial charge in [-0.15, -0.1) is 0 Å². The molecule has 2 aromatic carbocycles. The van der Waals surface area contributed by atoms with Gasteiger partial charge in [-0.3, -0.25) is 9.45 Å². The van der Waals surface area contributed by atoms with Crippen molar-refractivity contribution in [1.29, 1.82) is 0 Å². The van der Waals surface area contributed by atoms with E-state index in [2.05, 4.69) is 30.5 Å². The van der Waals surface area contributed by atoms with Gasteiger partial charge >= 0.3 is 0 Å². The van der Waals surface area contributed by atoms with E-state index < -0.39 is 10.1 Å². The molecule has 3 heterocycles. The molecule has 0 radical (unpaired) electrons. The van der Waals surface area contributed by atoms with Gasteiger partial charge in [-0.2, -0.15) is 8.42 Å². The minimum absolute atomic E-state index is 0.110. The van der Waals surface area contributed by atoms with Crippen LogP contribution in [0.4, 0.5) is 17.3 Å². The van der Waals surface area contributed by atoms with E-state index in [0.717, 1.165) is 79.5 Å². The van der Waals surface area contributed by atoms with E-state index in [0.29, 0.717) is 18.8 Å². The highest BCUT2D eigenvalue weighted by Crippen LogP contribution is 2.26. The average Bonchev–Trinajstić information content (AvgIpc) is 2.96. The van der Waals surface area contributed by atoms with Gasteiger partial charge in [0, 0.05) is 43.3 Å². The first-order chi connectivity index (χ1) is 19.4. The standard InChI is InChI=1S/C28H32N6O5S/c35-40(36,37)24-8-6-21(7-9-24)3-2-14-39-23-5-1-4-22(17-23)33-28-25-18-27(30-19-26(25)31-20-32-28)29-10-11-34-12-15-38-16-13-34/h1,4-9,17-20H,2-3,10-16H2,(H,29,30)(H,31,32,33)(H,35,36,37). The summed E-state index contributed by atoms with van der Waals surface area (Å²) in [4.78, 5) is 15.6. The molecule has 5 rings (SSSR count). The SMILES string of the molecule is O=S(=O)(O)c1ccc(CCCOc2cccc(Nc3ncnc4cnc(NCCN5CCOCC5)cc34)c2)cc1. The largest absolute Gasteiger partial charge is 0.494 e. The molecule has 0 amide bonds. The van der Waals surface area contributed by atoms with Crippen molar-refractivity contribution in [1.82, 2.24) is 19.9 Å². The quantitative estimate of drug-likeness (QED) is 0.171. The van der Waals surface area contributed by atoms with E-state index in [9.17, 15) is 8.42 Å². The highest BCUT2D eigenvalue weighted by Gasteiger charge is 2.11. The van der Waals surface area contributed by atoms with Gasteiger partial charge in [0.05, 0.1) is 36.4 Å². The highest BCUT2D eigenvalue weighted by atomic mass is 32.2. The minimum Gasteiger partial charge on any atom is -0.494 e. The number of anilines is 3. The fourth-order valence-electron chi connectivity index (χ4n) is 4.42. The molecule has 12 heteroatoms. The molecule has 40 heavy (non-hydrogen) atoms. The molecule has 1 aliphatic heterocycles. The summed E-state index contributed by atoms with van der Waals surface area (Å²) in [7, 11) is -4.18. The Kier molecular flexibility index (Phi) is 9.01. The van der Waals surface area contributed by atoms with Crippen LogP contribution in [0.5, 0.6) is 5.75 Å². The number of aromatic nitrogens is 3. The van der Waals surface area contributed by atoms with Crippen LogP contribution in [0.15, 0.2) is 72.0 Å². The fourth-order valence-corrected chi connectivity index (χ4v) is 4.90. The highest BCUT2D eigenvalue weighted by molar-refractivity contribution is 7.85. The summed E-state index contributed by atoms with van der Waals surface area (Å²) >= 11 is 0. The number of ether oxygens (including phenoxy) is 2. The molecule has 4 aromatic rings. The lowest BCUT2D eigenvalue weighted by Gasteiger charge is -2.26. The summed E-state index contributed by atoms with van der Waals surface area (Å²) in [5.74, 6) is 2.16. The Morgan fingerprint density at radius 2 is 1.85 bits per heavy atom. The van der Waals surface area contributed by atoms with Gasteiger partial charge in [-0.25, -0.2) is 15.0 Å². The van der Waals surface area contributed by atoms with E-state index in [1.165, 1.54) is 18.5 Å². The zero-order valence-corrected chi connectivity index (χ0v) is 22.8. The minimum atomic E-state index is -4.18. The first-order valence-corrected chi connectivity index (χ1v) is 14.6. The molecular weight excluding hydrogens is 532 g/mol. The molecule has 11 nitrogen and oxygen atoms in total. The van der Waals surface area contributed by atoms with E-state index in [-0.39, 0.29) is 4.90 Å². The lowest BCUT2D eigenvalue weighted by atomic mass is 10.1. The van der Waals surface area contributed by atoms with Crippen LogP contribution >= 0.6 is 0 Å². The van der Waals surface area contributed by atoms with Crippen molar-refractivity contribution in [2.45, 2.75) is 17.7 Å². The van der Waals surface area contributed by atoms with Gasteiger partial charge in [-0.05, 0) is 48.7 Å². The van der Waals surface area contributed by atoms with Crippen LogP contribution in [0, 0.1) is 0 Å². The predicted octanol–water partition coefficient (Wildman–Crippen LogP) is 3.77. The Labute approximate surface area is 233 Å². The second kappa shape index (κ2) is 13.0. The molecular formula is C28H32N6O5S. The molecule has 0 spiro atoms. The number of rotatable bonds is 12. The zero-order valence-electron chi connectivity index (χ0n) is 22.0. The maximum atomic E-state index is 11.2. The van der Waals surface area contributed by atoms with Crippen molar-refractivity contribution in [3.63, 3.8) is 0 Å². The van der Waals surface area contributed by atoms with Crippen molar-refractivity contribution >= 4 is 38.3 Å². The monoisotopic (exact) mass is 564 g/mol.